The lowest BCUT2D eigenvalue weighted by Crippen LogP contribution is -2.15. The maximum atomic E-state index is 2.37. The number of hydrogen-bond donors (Lipinski definition) is 0. The highest BCUT2D eigenvalue weighted by Crippen LogP contribution is 2.26. The molecule has 0 aromatic rings. The Hall–Kier alpha value is 0. The number of rotatable bonds is 8. The van der Waals surface area contributed by atoms with E-state index in [1.807, 2.05) is 0 Å². The van der Waals surface area contributed by atoms with Crippen LogP contribution in [0.4, 0.5) is 0 Å². The molecule has 0 aliphatic heterocycles. The zero-order valence-electron chi connectivity index (χ0n) is 11.0. The van der Waals surface area contributed by atoms with Crippen LogP contribution in [-0.4, -0.2) is 0 Å². The van der Waals surface area contributed by atoms with Gasteiger partial charge < -0.3 is 0 Å². The van der Waals surface area contributed by atoms with Crippen molar-refractivity contribution in [2.24, 2.45) is 17.8 Å². The van der Waals surface area contributed by atoms with Gasteiger partial charge in [-0.2, -0.15) is 0 Å². The largest absolute Gasteiger partial charge is 0.0654 e. The van der Waals surface area contributed by atoms with Crippen LogP contribution in [0.1, 0.15) is 73.1 Å². The zero-order valence-corrected chi connectivity index (χ0v) is 11.0. The molecule has 0 unspecified atom stereocenters. The molecule has 0 heterocycles. The molecule has 0 bridgehead atoms. The summed E-state index contributed by atoms with van der Waals surface area (Å²) in [5, 5.41) is 0. The molecule has 0 nitrogen and oxygen atoms in total. The first-order valence-corrected chi connectivity index (χ1v) is 6.59. The van der Waals surface area contributed by atoms with Crippen LogP contribution < -0.4 is 0 Å². The Morgan fingerprint density at radius 1 is 0.714 bits per heavy atom. The topological polar surface area (TPSA) is 0 Å². The lowest BCUT2D eigenvalue weighted by atomic mass is 9.82. The quantitative estimate of drug-likeness (QED) is 0.466. The third-order valence-corrected chi connectivity index (χ3v) is 3.35. The molecule has 0 saturated heterocycles. The summed E-state index contributed by atoms with van der Waals surface area (Å²) in [5.41, 5.74) is 0. The highest BCUT2D eigenvalue weighted by molar-refractivity contribution is 4.66. The Balaban J connectivity index is 3.52. The Labute approximate surface area is 91.5 Å². The van der Waals surface area contributed by atoms with Gasteiger partial charge >= 0.3 is 0 Å². The summed E-state index contributed by atoms with van der Waals surface area (Å²) in [6, 6.07) is 0. The Kier molecular flexibility index (Phi) is 8.32. The van der Waals surface area contributed by atoms with E-state index < -0.39 is 0 Å². The van der Waals surface area contributed by atoms with Crippen molar-refractivity contribution >= 4 is 0 Å². The standard InChI is InChI=1S/C14H30/c1-6-7-8-9-10-11-14(12(2)3)13(4)5/h12-14H,6-11H2,1-5H3. The summed E-state index contributed by atoms with van der Waals surface area (Å²) in [7, 11) is 0. The summed E-state index contributed by atoms with van der Waals surface area (Å²) in [6.45, 7) is 11.8. The van der Waals surface area contributed by atoms with Gasteiger partial charge in [-0.25, -0.2) is 0 Å². The van der Waals surface area contributed by atoms with Gasteiger partial charge in [-0.15, -0.1) is 0 Å². The Morgan fingerprint density at radius 2 is 1.21 bits per heavy atom. The van der Waals surface area contributed by atoms with Gasteiger partial charge in [0.05, 0.1) is 0 Å². The van der Waals surface area contributed by atoms with Gasteiger partial charge in [0.15, 0.2) is 0 Å². The van der Waals surface area contributed by atoms with Crippen LogP contribution >= 0.6 is 0 Å². The zero-order chi connectivity index (χ0) is 11.0. The summed E-state index contributed by atoms with van der Waals surface area (Å²) in [6.07, 6.45) is 8.56. The molecule has 0 amide bonds. The van der Waals surface area contributed by atoms with Crippen molar-refractivity contribution in [1.29, 1.82) is 0 Å². The number of unbranched alkanes of at least 4 members (excludes halogenated alkanes) is 4. The molecule has 0 aromatic heterocycles. The second-order valence-corrected chi connectivity index (χ2v) is 5.35. The van der Waals surface area contributed by atoms with Crippen LogP contribution in [0.2, 0.25) is 0 Å². The third-order valence-electron chi connectivity index (χ3n) is 3.35. The van der Waals surface area contributed by atoms with Gasteiger partial charge in [-0.3, -0.25) is 0 Å². The van der Waals surface area contributed by atoms with Crippen LogP contribution in [0.25, 0.3) is 0 Å². The molecule has 0 spiro atoms. The fourth-order valence-corrected chi connectivity index (χ4v) is 2.42. The monoisotopic (exact) mass is 198 g/mol. The van der Waals surface area contributed by atoms with Gasteiger partial charge in [0, 0.05) is 0 Å². The van der Waals surface area contributed by atoms with Gasteiger partial charge in [0.2, 0.25) is 0 Å². The molecule has 0 aliphatic carbocycles. The first kappa shape index (κ1) is 14.0. The van der Waals surface area contributed by atoms with E-state index >= 15 is 0 Å². The first-order chi connectivity index (χ1) is 6.59. The fraction of sp³-hybridized carbons (Fsp3) is 1.00. The SMILES string of the molecule is CCCCCCCC(C(C)C)C(C)C. The van der Waals surface area contributed by atoms with Crippen molar-refractivity contribution in [3.05, 3.63) is 0 Å². The summed E-state index contributed by atoms with van der Waals surface area (Å²) in [4.78, 5) is 0. The molecule has 0 aliphatic rings. The van der Waals surface area contributed by atoms with E-state index in [1.54, 1.807) is 0 Å². The van der Waals surface area contributed by atoms with E-state index in [-0.39, 0.29) is 0 Å². The van der Waals surface area contributed by atoms with E-state index in [0.29, 0.717) is 0 Å². The molecule has 0 aromatic carbocycles. The van der Waals surface area contributed by atoms with E-state index in [1.165, 1.54) is 38.5 Å². The number of hydrogen-bond acceptors (Lipinski definition) is 0. The third kappa shape index (κ3) is 6.45. The van der Waals surface area contributed by atoms with Crippen LogP contribution in [0.3, 0.4) is 0 Å². The molecule has 0 rings (SSSR count). The molecular weight excluding hydrogens is 168 g/mol. The van der Waals surface area contributed by atoms with Crippen molar-refractivity contribution in [2.75, 3.05) is 0 Å². The first-order valence-electron chi connectivity index (χ1n) is 6.59. The smallest absolute Gasteiger partial charge is 0.0368 e. The maximum Gasteiger partial charge on any atom is -0.0368 e. The average Bonchev–Trinajstić information content (AvgIpc) is 2.09. The van der Waals surface area contributed by atoms with E-state index in [0.717, 1.165) is 17.8 Å². The van der Waals surface area contributed by atoms with Crippen LogP contribution in [0.15, 0.2) is 0 Å². The van der Waals surface area contributed by atoms with Gasteiger partial charge in [0.25, 0.3) is 0 Å². The molecular formula is C14H30. The van der Waals surface area contributed by atoms with Gasteiger partial charge in [-0.05, 0) is 24.2 Å². The Morgan fingerprint density at radius 3 is 1.64 bits per heavy atom. The molecule has 0 saturated carbocycles. The van der Waals surface area contributed by atoms with Gasteiger partial charge in [0.1, 0.15) is 0 Å². The predicted molar refractivity (Wildman–Crippen MR) is 66.5 cm³/mol. The minimum Gasteiger partial charge on any atom is -0.0654 e. The summed E-state index contributed by atoms with van der Waals surface area (Å²) < 4.78 is 0. The maximum absolute atomic E-state index is 2.37. The van der Waals surface area contributed by atoms with E-state index in [9.17, 15) is 0 Å². The highest BCUT2D eigenvalue weighted by Gasteiger charge is 2.16. The molecule has 86 valence electrons. The second kappa shape index (κ2) is 8.32. The lowest BCUT2D eigenvalue weighted by Gasteiger charge is -2.24. The van der Waals surface area contributed by atoms with Crippen molar-refractivity contribution in [1.82, 2.24) is 0 Å². The van der Waals surface area contributed by atoms with Gasteiger partial charge in [-0.1, -0.05) is 66.7 Å². The van der Waals surface area contributed by atoms with E-state index in [2.05, 4.69) is 34.6 Å². The van der Waals surface area contributed by atoms with Crippen molar-refractivity contribution in [3.8, 4) is 0 Å². The second-order valence-electron chi connectivity index (χ2n) is 5.35. The molecule has 0 radical (unpaired) electrons. The minimum atomic E-state index is 0.862. The molecule has 14 heavy (non-hydrogen) atoms. The van der Waals surface area contributed by atoms with Crippen molar-refractivity contribution in [3.63, 3.8) is 0 Å². The lowest BCUT2D eigenvalue weighted by molar-refractivity contribution is 0.261. The normalized spacial score (nSPS) is 12.0. The highest BCUT2D eigenvalue weighted by atomic mass is 14.2. The van der Waals surface area contributed by atoms with Crippen LogP contribution in [-0.2, 0) is 0 Å². The molecule has 0 heteroatoms. The predicted octanol–water partition coefficient (Wildman–Crippen LogP) is 5.28. The molecule has 0 N–H and O–H groups in total. The fourth-order valence-electron chi connectivity index (χ4n) is 2.42. The van der Waals surface area contributed by atoms with Crippen molar-refractivity contribution < 1.29 is 0 Å². The van der Waals surface area contributed by atoms with Crippen LogP contribution in [0.5, 0.6) is 0 Å². The molecule has 0 fully saturated rings. The summed E-state index contributed by atoms with van der Waals surface area (Å²) in [5.74, 6) is 2.67. The molecule has 0 atom stereocenters. The van der Waals surface area contributed by atoms with Crippen molar-refractivity contribution in [2.45, 2.75) is 73.1 Å². The average molecular weight is 198 g/mol. The Bertz CT molecular complexity index is 105. The van der Waals surface area contributed by atoms with Crippen LogP contribution in [0, 0.1) is 17.8 Å². The summed E-state index contributed by atoms with van der Waals surface area (Å²) >= 11 is 0. The van der Waals surface area contributed by atoms with E-state index in [4.69, 9.17) is 0 Å². The minimum absolute atomic E-state index is 0.862.